The lowest BCUT2D eigenvalue weighted by Gasteiger charge is -2.25. The zero-order valence-electron chi connectivity index (χ0n) is 16.7. The molecule has 0 spiro atoms. The van der Waals surface area contributed by atoms with E-state index in [1.54, 1.807) is 32.9 Å². The third-order valence-electron chi connectivity index (χ3n) is 4.46. The standard InChI is InChI=1S/C21H22F2N2O4/c1-21(2,3)29-20(27)25-8-7-12-9-14(15(18(22)23)10-17(12)25)13-5-6-16(24-11-13)19(26)28-4/h5-6,9-11,18H,7-8H2,1-4H3. The number of aromatic nitrogens is 1. The maximum Gasteiger partial charge on any atom is 0.414 e. The van der Waals surface area contributed by atoms with Crippen LogP contribution in [-0.4, -0.2) is 36.3 Å². The van der Waals surface area contributed by atoms with Crippen LogP contribution in [0.4, 0.5) is 19.3 Å². The van der Waals surface area contributed by atoms with Gasteiger partial charge >= 0.3 is 12.1 Å². The van der Waals surface area contributed by atoms with Gasteiger partial charge in [-0.25, -0.2) is 23.4 Å². The van der Waals surface area contributed by atoms with Gasteiger partial charge in [-0.05, 0) is 56.5 Å². The highest BCUT2D eigenvalue weighted by molar-refractivity contribution is 5.92. The second-order valence-electron chi connectivity index (χ2n) is 7.67. The van der Waals surface area contributed by atoms with E-state index >= 15 is 0 Å². The molecule has 0 radical (unpaired) electrons. The number of esters is 1. The molecule has 0 saturated heterocycles. The number of pyridine rings is 1. The molecule has 2 aromatic rings. The number of halogens is 2. The summed E-state index contributed by atoms with van der Waals surface area (Å²) in [6.07, 6.45) is -1.43. The molecule has 2 heterocycles. The molecule has 3 rings (SSSR count). The van der Waals surface area contributed by atoms with Crippen molar-refractivity contribution in [2.45, 2.75) is 39.2 Å². The van der Waals surface area contributed by atoms with Crippen molar-refractivity contribution in [1.29, 1.82) is 0 Å². The Bertz CT molecular complexity index is 937. The van der Waals surface area contributed by atoms with E-state index in [9.17, 15) is 18.4 Å². The first-order valence-corrected chi connectivity index (χ1v) is 9.11. The average Bonchev–Trinajstić information content (AvgIpc) is 3.08. The van der Waals surface area contributed by atoms with Crippen LogP contribution < -0.4 is 4.90 Å². The van der Waals surface area contributed by atoms with E-state index in [0.29, 0.717) is 29.8 Å². The van der Waals surface area contributed by atoms with Gasteiger partial charge in [-0.1, -0.05) is 6.07 Å². The minimum Gasteiger partial charge on any atom is -0.464 e. The summed E-state index contributed by atoms with van der Waals surface area (Å²) >= 11 is 0. The number of nitrogens with zero attached hydrogens (tertiary/aromatic N) is 2. The molecule has 0 saturated carbocycles. The first-order valence-electron chi connectivity index (χ1n) is 9.11. The Morgan fingerprint density at radius 2 is 1.93 bits per heavy atom. The lowest BCUT2D eigenvalue weighted by molar-refractivity contribution is 0.0578. The molecule has 1 aliphatic rings. The fraction of sp³-hybridized carbons (Fsp3) is 0.381. The molecule has 0 fully saturated rings. The first-order chi connectivity index (χ1) is 13.6. The largest absolute Gasteiger partial charge is 0.464 e. The predicted octanol–water partition coefficient (Wildman–Crippen LogP) is 4.77. The number of hydrogen-bond donors (Lipinski definition) is 0. The van der Waals surface area contributed by atoms with Crippen LogP contribution in [0.15, 0.2) is 30.5 Å². The molecule has 0 aliphatic carbocycles. The normalized spacial score (nSPS) is 13.4. The molecule has 0 bridgehead atoms. The maximum absolute atomic E-state index is 13.8. The van der Waals surface area contributed by atoms with Crippen molar-refractivity contribution < 1.29 is 27.8 Å². The van der Waals surface area contributed by atoms with Crippen LogP contribution in [0, 0.1) is 0 Å². The first kappa shape index (κ1) is 20.7. The summed E-state index contributed by atoms with van der Waals surface area (Å²) in [7, 11) is 1.24. The topological polar surface area (TPSA) is 68.7 Å². The third-order valence-corrected chi connectivity index (χ3v) is 4.46. The SMILES string of the molecule is COC(=O)c1ccc(-c2cc3c(cc2C(F)F)N(C(=O)OC(C)(C)C)CC3)cn1. The van der Waals surface area contributed by atoms with Crippen molar-refractivity contribution in [1.82, 2.24) is 4.98 Å². The summed E-state index contributed by atoms with van der Waals surface area (Å²) in [5.74, 6) is -0.604. The molecular weight excluding hydrogens is 382 g/mol. The second kappa shape index (κ2) is 7.77. The highest BCUT2D eigenvalue weighted by Crippen LogP contribution is 2.39. The fourth-order valence-electron chi connectivity index (χ4n) is 3.17. The van der Waals surface area contributed by atoms with E-state index in [1.165, 1.54) is 30.3 Å². The van der Waals surface area contributed by atoms with E-state index in [0.717, 1.165) is 5.56 Å². The van der Waals surface area contributed by atoms with Crippen LogP contribution in [0.3, 0.4) is 0 Å². The highest BCUT2D eigenvalue weighted by atomic mass is 19.3. The summed E-state index contributed by atoms with van der Waals surface area (Å²) in [6.45, 7) is 5.61. The number of ether oxygens (including phenoxy) is 2. The molecule has 154 valence electrons. The number of alkyl halides is 2. The summed E-state index contributed by atoms with van der Waals surface area (Å²) in [6, 6.07) is 5.96. The molecule has 29 heavy (non-hydrogen) atoms. The fourth-order valence-corrected chi connectivity index (χ4v) is 3.17. The van der Waals surface area contributed by atoms with E-state index < -0.39 is 24.1 Å². The van der Waals surface area contributed by atoms with Crippen LogP contribution in [0.2, 0.25) is 0 Å². The Labute approximate surface area is 167 Å². The van der Waals surface area contributed by atoms with Gasteiger partial charge in [0.2, 0.25) is 0 Å². The monoisotopic (exact) mass is 404 g/mol. The average molecular weight is 404 g/mol. The predicted molar refractivity (Wildman–Crippen MR) is 103 cm³/mol. The summed E-state index contributed by atoms with van der Waals surface area (Å²) < 4.78 is 37.6. The van der Waals surface area contributed by atoms with Gasteiger partial charge in [0.05, 0.1) is 12.8 Å². The van der Waals surface area contributed by atoms with Crippen molar-refractivity contribution >= 4 is 17.7 Å². The van der Waals surface area contributed by atoms with E-state index in [1.807, 2.05) is 0 Å². The Kier molecular flexibility index (Phi) is 5.55. The quantitative estimate of drug-likeness (QED) is 0.690. The lowest BCUT2D eigenvalue weighted by Crippen LogP contribution is -2.35. The molecule has 6 nitrogen and oxygen atoms in total. The van der Waals surface area contributed by atoms with E-state index in [4.69, 9.17) is 4.74 Å². The van der Waals surface area contributed by atoms with Crippen molar-refractivity contribution in [3.05, 3.63) is 47.3 Å². The number of amides is 1. The van der Waals surface area contributed by atoms with Gasteiger partial charge in [0, 0.05) is 23.9 Å². The third kappa shape index (κ3) is 4.36. The zero-order chi connectivity index (χ0) is 21.3. The molecule has 0 unspecified atom stereocenters. The summed E-state index contributed by atoms with van der Waals surface area (Å²) in [4.78, 5) is 29.4. The molecule has 1 amide bonds. The van der Waals surface area contributed by atoms with Crippen LogP contribution in [-0.2, 0) is 15.9 Å². The number of benzene rings is 1. The maximum atomic E-state index is 13.8. The minimum absolute atomic E-state index is 0.0899. The van der Waals surface area contributed by atoms with Gasteiger partial charge in [-0.15, -0.1) is 0 Å². The molecule has 1 aromatic carbocycles. The van der Waals surface area contributed by atoms with Crippen LogP contribution in [0.5, 0.6) is 0 Å². The number of anilines is 1. The molecule has 1 aromatic heterocycles. The second-order valence-corrected chi connectivity index (χ2v) is 7.67. The zero-order valence-corrected chi connectivity index (χ0v) is 16.7. The number of fused-ring (bicyclic) bond motifs is 1. The number of hydrogen-bond acceptors (Lipinski definition) is 5. The highest BCUT2D eigenvalue weighted by Gasteiger charge is 2.31. The molecule has 8 heteroatoms. The molecule has 1 aliphatic heterocycles. The van der Waals surface area contributed by atoms with E-state index in [-0.39, 0.29) is 11.3 Å². The van der Waals surface area contributed by atoms with Gasteiger partial charge in [0.25, 0.3) is 6.43 Å². The van der Waals surface area contributed by atoms with Gasteiger partial charge in [0.15, 0.2) is 0 Å². The summed E-state index contributed by atoms with van der Waals surface area (Å²) in [5, 5.41) is 0. The van der Waals surface area contributed by atoms with Crippen molar-refractivity contribution in [3.63, 3.8) is 0 Å². The number of methoxy groups -OCH3 is 1. The smallest absolute Gasteiger partial charge is 0.414 e. The Hall–Kier alpha value is -3.03. The number of carbonyl (C=O) groups excluding carboxylic acids is 2. The van der Waals surface area contributed by atoms with E-state index in [2.05, 4.69) is 9.72 Å². The summed E-state index contributed by atoms with van der Waals surface area (Å²) in [5.41, 5.74) is 1.15. The van der Waals surface area contributed by atoms with Crippen molar-refractivity contribution in [2.24, 2.45) is 0 Å². The van der Waals surface area contributed by atoms with Gasteiger partial charge in [0.1, 0.15) is 11.3 Å². The molecule has 0 atom stereocenters. The van der Waals surface area contributed by atoms with Gasteiger partial charge in [-0.3, -0.25) is 4.90 Å². The molecular formula is C21H22F2N2O4. The lowest BCUT2D eigenvalue weighted by atomic mass is 9.97. The number of rotatable bonds is 3. The molecule has 0 N–H and O–H groups in total. The van der Waals surface area contributed by atoms with Crippen LogP contribution >= 0.6 is 0 Å². The van der Waals surface area contributed by atoms with Gasteiger partial charge in [-0.2, -0.15) is 0 Å². The van der Waals surface area contributed by atoms with Crippen LogP contribution in [0.25, 0.3) is 11.1 Å². The van der Waals surface area contributed by atoms with Crippen molar-refractivity contribution in [3.8, 4) is 11.1 Å². The Morgan fingerprint density at radius 3 is 2.48 bits per heavy atom. The minimum atomic E-state index is -2.75. The number of carbonyl (C=O) groups is 2. The van der Waals surface area contributed by atoms with Gasteiger partial charge < -0.3 is 9.47 Å². The Balaban J connectivity index is 1.99. The Morgan fingerprint density at radius 1 is 1.21 bits per heavy atom. The van der Waals surface area contributed by atoms with Crippen LogP contribution in [0.1, 0.15) is 48.8 Å². The van der Waals surface area contributed by atoms with Crippen molar-refractivity contribution in [2.75, 3.05) is 18.6 Å².